The number of carbonyl (C=O) groups is 2. The molecule has 3 aromatic carbocycles. The van der Waals surface area contributed by atoms with E-state index in [-0.39, 0.29) is 28.8 Å². The Bertz CT molecular complexity index is 1410. The summed E-state index contributed by atoms with van der Waals surface area (Å²) in [7, 11) is 0. The Morgan fingerprint density at radius 3 is 2.56 bits per heavy atom. The zero-order valence-electron chi connectivity index (χ0n) is 19.0. The van der Waals surface area contributed by atoms with Gasteiger partial charge in [-0.15, -0.1) is 10.2 Å². The number of rotatable bonds is 8. The van der Waals surface area contributed by atoms with Gasteiger partial charge in [0.05, 0.1) is 22.9 Å². The Morgan fingerprint density at radius 2 is 1.81 bits per heavy atom. The summed E-state index contributed by atoms with van der Waals surface area (Å²) in [6.45, 7) is 1.94. The number of halogens is 3. The average molecular weight is 544 g/mol. The van der Waals surface area contributed by atoms with Gasteiger partial charge in [-0.3, -0.25) is 14.2 Å². The van der Waals surface area contributed by atoms with E-state index in [4.69, 9.17) is 23.2 Å². The van der Waals surface area contributed by atoms with Crippen LogP contribution in [0.1, 0.15) is 21.7 Å². The van der Waals surface area contributed by atoms with Crippen LogP contribution >= 0.6 is 35.0 Å². The maximum Gasteiger partial charge on any atom is 0.253 e. The van der Waals surface area contributed by atoms with Gasteiger partial charge in [0, 0.05) is 16.4 Å². The Hall–Kier alpha value is -3.40. The van der Waals surface area contributed by atoms with Crippen LogP contribution in [0.5, 0.6) is 0 Å². The summed E-state index contributed by atoms with van der Waals surface area (Å²) in [4.78, 5) is 25.2. The quantitative estimate of drug-likeness (QED) is 0.279. The summed E-state index contributed by atoms with van der Waals surface area (Å²) in [5.41, 5.74) is 2.53. The van der Waals surface area contributed by atoms with Gasteiger partial charge in [-0.1, -0.05) is 47.1 Å². The standard InChI is InChI=1S/C25H20Cl2FN5O2S/c1-15-3-2-4-18(11-15)30-23(34)14-36-25-32-31-22(33(25)19-8-6-17(28)7-9-19)13-29-24(35)20-12-16(26)5-10-21(20)27/h2-12H,13-14H2,1H3,(H,29,35)(H,30,34). The van der Waals surface area contributed by atoms with E-state index in [1.54, 1.807) is 22.8 Å². The first-order chi connectivity index (χ1) is 17.3. The molecular formula is C25H20Cl2FN5O2S. The first-order valence-corrected chi connectivity index (χ1v) is 12.5. The van der Waals surface area contributed by atoms with Crippen LogP contribution in [0.3, 0.4) is 0 Å². The zero-order valence-corrected chi connectivity index (χ0v) is 21.3. The first kappa shape index (κ1) is 25.7. The lowest BCUT2D eigenvalue weighted by atomic mass is 10.2. The van der Waals surface area contributed by atoms with E-state index in [2.05, 4.69) is 20.8 Å². The van der Waals surface area contributed by atoms with Gasteiger partial charge in [-0.25, -0.2) is 4.39 Å². The fourth-order valence-electron chi connectivity index (χ4n) is 3.33. The highest BCUT2D eigenvalue weighted by Crippen LogP contribution is 2.24. The fraction of sp³-hybridized carbons (Fsp3) is 0.120. The molecule has 0 unspecified atom stereocenters. The normalized spacial score (nSPS) is 10.8. The van der Waals surface area contributed by atoms with E-state index in [0.717, 1.165) is 5.56 Å². The first-order valence-electron chi connectivity index (χ1n) is 10.7. The number of carbonyl (C=O) groups excluding carboxylic acids is 2. The molecule has 11 heteroatoms. The monoisotopic (exact) mass is 543 g/mol. The van der Waals surface area contributed by atoms with Crippen LogP contribution in [0.15, 0.2) is 71.9 Å². The van der Waals surface area contributed by atoms with E-state index in [1.165, 1.54) is 36.0 Å². The molecule has 184 valence electrons. The van der Waals surface area contributed by atoms with E-state index in [1.807, 2.05) is 31.2 Å². The van der Waals surface area contributed by atoms with Crippen molar-refractivity contribution in [3.05, 3.63) is 99.5 Å². The second-order valence-electron chi connectivity index (χ2n) is 7.72. The van der Waals surface area contributed by atoms with Gasteiger partial charge in [0.25, 0.3) is 5.91 Å². The summed E-state index contributed by atoms with van der Waals surface area (Å²) >= 11 is 13.3. The number of hydrogen-bond acceptors (Lipinski definition) is 5. The molecule has 36 heavy (non-hydrogen) atoms. The van der Waals surface area contributed by atoms with Crippen LogP contribution in [0.25, 0.3) is 5.69 Å². The molecule has 7 nitrogen and oxygen atoms in total. The minimum Gasteiger partial charge on any atom is -0.345 e. The number of hydrogen-bond donors (Lipinski definition) is 2. The van der Waals surface area contributed by atoms with Gasteiger partial charge in [0.1, 0.15) is 5.82 Å². The maximum atomic E-state index is 13.6. The van der Waals surface area contributed by atoms with E-state index in [0.29, 0.717) is 27.4 Å². The van der Waals surface area contributed by atoms with Gasteiger partial charge < -0.3 is 10.6 Å². The second-order valence-corrected chi connectivity index (χ2v) is 9.51. The smallest absolute Gasteiger partial charge is 0.253 e. The molecule has 0 atom stereocenters. The predicted molar refractivity (Wildman–Crippen MR) is 139 cm³/mol. The number of benzene rings is 3. The van der Waals surface area contributed by atoms with Crippen LogP contribution < -0.4 is 10.6 Å². The summed E-state index contributed by atoms with van der Waals surface area (Å²) in [6.07, 6.45) is 0. The third kappa shape index (κ3) is 6.42. The molecule has 0 aliphatic heterocycles. The van der Waals surface area contributed by atoms with Gasteiger partial charge in [0.15, 0.2) is 11.0 Å². The largest absolute Gasteiger partial charge is 0.345 e. The molecule has 0 radical (unpaired) electrons. The van der Waals surface area contributed by atoms with Crippen LogP contribution in [-0.2, 0) is 11.3 Å². The molecule has 0 fully saturated rings. The van der Waals surface area contributed by atoms with E-state index in [9.17, 15) is 14.0 Å². The molecule has 2 N–H and O–H groups in total. The van der Waals surface area contributed by atoms with E-state index >= 15 is 0 Å². The molecule has 0 aliphatic rings. The second kappa shape index (κ2) is 11.6. The molecular weight excluding hydrogens is 524 g/mol. The number of aryl methyl sites for hydroxylation is 1. The topological polar surface area (TPSA) is 88.9 Å². The SMILES string of the molecule is Cc1cccc(NC(=O)CSc2nnc(CNC(=O)c3cc(Cl)ccc3Cl)n2-c2ccc(F)cc2)c1. The van der Waals surface area contributed by atoms with Crippen LogP contribution in [-0.4, -0.2) is 32.3 Å². The van der Waals surface area contributed by atoms with Gasteiger partial charge >= 0.3 is 0 Å². The van der Waals surface area contributed by atoms with Crippen molar-refractivity contribution in [3.8, 4) is 5.69 Å². The highest BCUT2D eigenvalue weighted by atomic mass is 35.5. The molecule has 1 aromatic heterocycles. The zero-order chi connectivity index (χ0) is 25.7. The molecule has 0 aliphatic carbocycles. The summed E-state index contributed by atoms with van der Waals surface area (Å²) in [5.74, 6) is -0.607. The Kier molecular flexibility index (Phi) is 8.25. The summed E-state index contributed by atoms with van der Waals surface area (Å²) in [5, 5.41) is 15.0. The number of aromatic nitrogens is 3. The molecule has 0 saturated heterocycles. The minimum absolute atomic E-state index is 0.00208. The van der Waals surface area contributed by atoms with Crippen molar-refractivity contribution in [3.63, 3.8) is 0 Å². The van der Waals surface area contributed by atoms with E-state index < -0.39 is 11.7 Å². The number of anilines is 1. The lowest BCUT2D eigenvalue weighted by Gasteiger charge is -2.12. The van der Waals surface area contributed by atoms with Crippen molar-refractivity contribution in [1.29, 1.82) is 0 Å². The third-order valence-corrected chi connectivity index (χ3v) is 6.49. The lowest BCUT2D eigenvalue weighted by Crippen LogP contribution is -2.25. The molecule has 0 bridgehead atoms. The number of nitrogens with zero attached hydrogens (tertiary/aromatic N) is 3. The fourth-order valence-corrected chi connectivity index (χ4v) is 4.48. The Balaban J connectivity index is 1.52. The predicted octanol–water partition coefficient (Wildman–Crippen LogP) is 5.68. The van der Waals surface area contributed by atoms with Crippen LogP contribution in [0, 0.1) is 12.7 Å². The van der Waals surface area contributed by atoms with Crippen LogP contribution in [0.2, 0.25) is 10.0 Å². The highest BCUT2D eigenvalue weighted by Gasteiger charge is 2.18. The van der Waals surface area contributed by atoms with Gasteiger partial charge in [-0.05, 0) is 67.1 Å². The summed E-state index contributed by atoms with van der Waals surface area (Å²) < 4.78 is 15.2. The average Bonchev–Trinajstić information content (AvgIpc) is 3.26. The Labute approximate surface area is 221 Å². The molecule has 0 saturated carbocycles. The number of nitrogens with one attached hydrogen (secondary N) is 2. The lowest BCUT2D eigenvalue weighted by molar-refractivity contribution is -0.113. The van der Waals surface area contributed by atoms with Crippen LogP contribution in [0.4, 0.5) is 10.1 Å². The number of thioether (sulfide) groups is 1. The van der Waals surface area contributed by atoms with Crippen molar-refractivity contribution in [1.82, 2.24) is 20.1 Å². The van der Waals surface area contributed by atoms with Crippen molar-refractivity contribution in [2.24, 2.45) is 0 Å². The molecule has 4 rings (SSSR count). The highest BCUT2D eigenvalue weighted by molar-refractivity contribution is 7.99. The minimum atomic E-state index is -0.442. The third-order valence-electron chi connectivity index (χ3n) is 5.00. The van der Waals surface area contributed by atoms with Crippen molar-refractivity contribution < 1.29 is 14.0 Å². The van der Waals surface area contributed by atoms with Crippen molar-refractivity contribution in [2.75, 3.05) is 11.1 Å². The van der Waals surface area contributed by atoms with Crippen molar-refractivity contribution >= 4 is 52.5 Å². The number of amides is 2. The van der Waals surface area contributed by atoms with Gasteiger partial charge in [0.2, 0.25) is 5.91 Å². The molecule has 2 amide bonds. The molecule has 1 heterocycles. The maximum absolute atomic E-state index is 13.6. The summed E-state index contributed by atoms with van der Waals surface area (Å²) in [6, 6.07) is 17.8. The Morgan fingerprint density at radius 1 is 1.03 bits per heavy atom. The van der Waals surface area contributed by atoms with Gasteiger partial charge in [-0.2, -0.15) is 0 Å². The molecule has 0 spiro atoms. The van der Waals surface area contributed by atoms with Crippen molar-refractivity contribution in [2.45, 2.75) is 18.6 Å². The molecule has 4 aromatic rings.